The van der Waals surface area contributed by atoms with Crippen LogP contribution >= 0.6 is 11.8 Å². The van der Waals surface area contributed by atoms with Crippen LogP contribution in [0.5, 0.6) is 0 Å². The van der Waals surface area contributed by atoms with Gasteiger partial charge in [-0.3, -0.25) is 14.4 Å². The molecule has 0 saturated carbocycles. The second-order valence-corrected chi connectivity index (χ2v) is 15.4. The Kier molecular flexibility index (Phi) is 36.6. The van der Waals surface area contributed by atoms with Crippen molar-refractivity contribution in [3.8, 4) is 0 Å². The molecule has 0 heterocycles. The number of carbonyl (C=O) groups excluding carboxylic acids is 3. The number of hydrogen-bond donors (Lipinski definition) is 0. The van der Waals surface area contributed by atoms with Gasteiger partial charge in [-0.15, -0.1) is 0 Å². The lowest BCUT2D eigenvalue weighted by Gasteiger charge is -2.22. The smallest absolute Gasteiger partial charge is 0.306 e. The van der Waals surface area contributed by atoms with Crippen molar-refractivity contribution in [3.63, 3.8) is 0 Å². The SMILES string of the molecule is CCC/C=C/CCC(CCCCCCC)OC(=O)CCCCCCN(CCCCCCC(=O)OC/C=C\CCCCCC)C(=O)SCCN(C)C. The number of nitrogens with zero attached hydrogens (tertiary/aromatic N) is 2. The number of carbonyl (C=O) groups is 3. The predicted molar refractivity (Wildman–Crippen MR) is 220 cm³/mol. The van der Waals surface area contributed by atoms with Gasteiger partial charge in [0.25, 0.3) is 5.24 Å². The quantitative estimate of drug-likeness (QED) is 0.0360. The van der Waals surface area contributed by atoms with Crippen LogP contribution in [0.15, 0.2) is 24.3 Å². The van der Waals surface area contributed by atoms with Crippen LogP contribution in [0.3, 0.4) is 0 Å². The lowest BCUT2D eigenvalue weighted by atomic mass is 10.0. The second-order valence-electron chi connectivity index (χ2n) is 14.4. The van der Waals surface area contributed by atoms with Crippen molar-refractivity contribution in [2.24, 2.45) is 0 Å². The van der Waals surface area contributed by atoms with Gasteiger partial charge in [-0.2, -0.15) is 0 Å². The molecule has 0 N–H and O–H groups in total. The molecule has 0 radical (unpaired) electrons. The highest BCUT2D eigenvalue weighted by Gasteiger charge is 2.16. The molecule has 0 rings (SSSR count). The van der Waals surface area contributed by atoms with Crippen LogP contribution < -0.4 is 0 Å². The van der Waals surface area contributed by atoms with Crippen LogP contribution in [0.2, 0.25) is 0 Å². The third-order valence-electron chi connectivity index (χ3n) is 9.08. The molecule has 0 aliphatic carbocycles. The molecule has 1 amide bonds. The average molecular weight is 737 g/mol. The van der Waals surface area contributed by atoms with Gasteiger partial charge in [0, 0.05) is 38.2 Å². The van der Waals surface area contributed by atoms with E-state index in [1.165, 1.54) is 63.1 Å². The first kappa shape index (κ1) is 49.2. The molecule has 0 spiro atoms. The minimum Gasteiger partial charge on any atom is -0.462 e. The maximum absolute atomic E-state index is 13.1. The Morgan fingerprint density at radius 1 is 0.569 bits per heavy atom. The van der Waals surface area contributed by atoms with Crippen molar-refractivity contribution in [1.82, 2.24) is 9.80 Å². The van der Waals surface area contributed by atoms with E-state index in [1.54, 1.807) is 0 Å². The van der Waals surface area contributed by atoms with Crippen molar-refractivity contribution in [1.29, 1.82) is 0 Å². The van der Waals surface area contributed by atoms with E-state index in [1.807, 2.05) is 25.1 Å². The van der Waals surface area contributed by atoms with E-state index in [9.17, 15) is 14.4 Å². The van der Waals surface area contributed by atoms with Crippen molar-refractivity contribution in [2.75, 3.05) is 46.1 Å². The zero-order valence-electron chi connectivity index (χ0n) is 33.9. The molecule has 7 nitrogen and oxygen atoms in total. The van der Waals surface area contributed by atoms with E-state index in [-0.39, 0.29) is 23.3 Å². The summed E-state index contributed by atoms with van der Waals surface area (Å²) in [6, 6.07) is 0. The standard InChI is InChI=1S/C43H80N2O5S/c1-6-9-12-15-16-23-30-38-49-41(46)33-26-19-21-28-35-45(43(48)51-39-37-44(4)5)36-29-22-20-27-34-42(47)50-40(31-24-17-13-10-7-2)32-25-18-14-11-8-3/h13,17,23,30,40H,6-12,14-16,18-22,24-29,31-39H2,1-5H3/b17-13+,30-23-. The molecule has 298 valence electrons. The van der Waals surface area contributed by atoms with Gasteiger partial charge in [0.15, 0.2) is 0 Å². The topological polar surface area (TPSA) is 76.1 Å². The maximum atomic E-state index is 13.1. The molecule has 1 unspecified atom stereocenters. The van der Waals surface area contributed by atoms with Gasteiger partial charge in [-0.25, -0.2) is 0 Å². The van der Waals surface area contributed by atoms with Gasteiger partial charge in [-0.1, -0.05) is 134 Å². The van der Waals surface area contributed by atoms with Gasteiger partial charge in [0.1, 0.15) is 12.7 Å². The molecule has 8 heteroatoms. The molecular formula is C43H80N2O5S. The molecule has 0 aliphatic heterocycles. The number of unbranched alkanes of at least 4 members (excludes halogenated alkanes) is 15. The van der Waals surface area contributed by atoms with E-state index in [2.05, 4.69) is 43.9 Å². The highest BCUT2D eigenvalue weighted by molar-refractivity contribution is 8.13. The summed E-state index contributed by atoms with van der Waals surface area (Å²) in [5, 5.41) is 0.160. The first-order valence-corrected chi connectivity index (χ1v) is 22.0. The predicted octanol–water partition coefficient (Wildman–Crippen LogP) is 12.1. The van der Waals surface area contributed by atoms with E-state index >= 15 is 0 Å². The summed E-state index contributed by atoms with van der Waals surface area (Å²) in [6.45, 7) is 9.39. The van der Waals surface area contributed by atoms with Gasteiger partial charge in [0.2, 0.25) is 0 Å². The summed E-state index contributed by atoms with van der Waals surface area (Å²) >= 11 is 1.41. The zero-order chi connectivity index (χ0) is 37.6. The Hall–Kier alpha value is -1.80. The average Bonchev–Trinajstić information content (AvgIpc) is 3.10. The Morgan fingerprint density at radius 2 is 1.14 bits per heavy atom. The molecule has 0 bridgehead atoms. The number of hydrogen-bond acceptors (Lipinski definition) is 7. The van der Waals surface area contributed by atoms with Gasteiger partial charge < -0.3 is 19.3 Å². The first-order valence-electron chi connectivity index (χ1n) is 21.0. The summed E-state index contributed by atoms with van der Waals surface area (Å²) in [6.07, 6.45) is 34.3. The summed E-state index contributed by atoms with van der Waals surface area (Å²) in [4.78, 5) is 41.9. The number of thioether (sulfide) groups is 1. The molecule has 0 saturated heterocycles. The second kappa shape index (κ2) is 37.9. The Bertz CT molecular complexity index is 878. The van der Waals surface area contributed by atoms with Gasteiger partial charge >= 0.3 is 11.9 Å². The maximum Gasteiger partial charge on any atom is 0.306 e. The van der Waals surface area contributed by atoms with Crippen molar-refractivity contribution in [3.05, 3.63) is 24.3 Å². The number of esters is 2. The zero-order valence-corrected chi connectivity index (χ0v) is 34.8. The number of ether oxygens (including phenoxy) is 2. The van der Waals surface area contributed by atoms with Gasteiger partial charge in [-0.05, 0) is 84.7 Å². The molecule has 0 fully saturated rings. The molecule has 0 aliphatic rings. The molecule has 0 aromatic rings. The van der Waals surface area contributed by atoms with Crippen LogP contribution in [0.1, 0.15) is 181 Å². The fourth-order valence-corrected chi connectivity index (χ4v) is 6.80. The Labute approximate surface area is 319 Å². The largest absolute Gasteiger partial charge is 0.462 e. The molecule has 0 aromatic carbocycles. The number of amides is 1. The first-order chi connectivity index (χ1) is 24.8. The van der Waals surface area contributed by atoms with Gasteiger partial charge in [0.05, 0.1) is 0 Å². The highest BCUT2D eigenvalue weighted by atomic mass is 32.2. The summed E-state index contributed by atoms with van der Waals surface area (Å²) in [7, 11) is 4.06. The fraction of sp³-hybridized carbons (Fsp3) is 0.837. The molecule has 1 atom stereocenters. The van der Waals surface area contributed by atoms with E-state index < -0.39 is 0 Å². The Morgan fingerprint density at radius 3 is 1.78 bits per heavy atom. The summed E-state index contributed by atoms with van der Waals surface area (Å²) < 4.78 is 11.3. The van der Waals surface area contributed by atoms with Crippen molar-refractivity contribution in [2.45, 2.75) is 187 Å². The van der Waals surface area contributed by atoms with Crippen LogP contribution in [-0.2, 0) is 19.1 Å². The van der Waals surface area contributed by atoms with E-state index in [0.717, 1.165) is 122 Å². The molecular weight excluding hydrogens is 657 g/mol. The number of rotatable bonds is 36. The van der Waals surface area contributed by atoms with Crippen molar-refractivity contribution < 1.29 is 23.9 Å². The van der Waals surface area contributed by atoms with E-state index in [4.69, 9.17) is 9.47 Å². The normalized spacial score (nSPS) is 12.3. The minimum absolute atomic E-state index is 0.0286. The number of allylic oxidation sites excluding steroid dienone is 3. The molecule has 51 heavy (non-hydrogen) atoms. The third-order valence-corrected chi connectivity index (χ3v) is 9.97. The third kappa shape index (κ3) is 35.0. The van der Waals surface area contributed by atoms with Crippen LogP contribution in [0.4, 0.5) is 4.79 Å². The van der Waals surface area contributed by atoms with E-state index in [0.29, 0.717) is 19.4 Å². The monoisotopic (exact) mass is 737 g/mol. The fourth-order valence-electron chi connectivity index (χ4n) is 5.81. The minimum atomic E-state index is -0.124. The lowest BCUT2D eigenvalue weighted by Crippen LogP contribution is -2.30. The molecule has 0 aromatic heterocycles. The van der Waals surface area contributed by atoms with Crippen LogP contribution in [0, 0.1) is 0 Å². The Balaban J connectivity index is 4.44. The summed E-state index contributed by atoms with van der Waals surface area (Å²) in [5.74, 6) is 0.606. The summed E-state index contributed by atoms with van der Waals surface area (Å²) in [5.41, 5.74) is 0. The van der Waals surface area contributed by atoms with Crippen LogP contribution in [0.25, 0.3) is 0 Å². The highest BCUT2D eigenvalue weighted by Crippen LogP contribution is 2.17. The lowest BCUT2D eigenvalue weighted by molar-refractivity contribution is -0.150. The van der Waals surface area contributed by atoms with Crippen molar-refractivity contribution >= 4 is 28.9 Å². The van der Waals surface area contributed by atoms with Crippen LogP contribution in [-0.4, -0.2) is 79.2 Å².